The molecule has 1 aliphatic heterocycles. The van der Waals surface area contributed by atoms with E-state index in [0.29, 0.717) is 47.1 Å². The summed E-state index contributed by atoms with van der Waals surface area (Å²) in [6.07, 6.45) is 6.08. The fourth-order valence-electron chi connectivity index (χ4n) is 4.09. The molecule has 0 spiro atoms. The Morgan fingerprint density at radius 3 is 2.86 bits per heavy atom. The van der Waals surface area contributed by atoms with Crippen molar-refractivity contribution in [3.63, 3.8) is 0 Å². The van der Waals surface area contributed by atoms with E-state index in [0.717, 1.165) is 29.8 Å². The van der Waals surface area contributed by atoms with Crippen molar-refractivity contribution in [2.24, 2.45) is 0 Å². The fraction of sp³-hybridized carbons (Fsp3) is 0.429. The first-order valence-corrected chi connectivity index (χ1v) is 10.2. The predicted molar refractivity (Wildman–Crippen MR) is 110 cm³/mol. The summed E-state index contributed by atoms with van der Waals surface area (Å²) >= 11 is 6.22. The van der Waals surface area contributed by atoms with E-state index in [1.807, 2.05) is 24.9 Å². The summed E-state index contributed by atoms with van der Waals surface area (Å²) in [6, 6.07) is 1.93. The first-order valence-electron chi connectivity index (χ1n) is 9.78. The number of pyridine rings is 1. The van der Waals surface area contributed by atoms with Gasteiger partial charge in [-0.15, -0.1) is 0 Å². The molecule has 0 saturated heterocycles. The Morgan fingerprint density at radius 2 is 2.10 bits per heavy atom. The lowest BCUT2D eigenvalue weighted by atomic mass is 10.0. The van der Waals surface area contributed by atoms with E-state index in [-0.39, 0.29) is 11.4 Å². The van der Waals surface area contributed by atoms with Crippen LogP contribution in [0, 0.1) is 6.92 Å². The normalized spacial score (nSPS) is 17.3. The molecule has 0 radical (unpaired) electrons. The third kappa shape index (κ3) is 2.87. The predicted octanol–water partition coefficient (Wildman–Crippen LogP) is 3.77. The number of aryl methyl sites for hydroxylation is 1. The lowest BCUT2D eigenvalue weighted by molar-refractivity contribution is 0.0734. The highest BCUT2D eigenvalue weighted by molar-refractivity contribution is 6.30. The number of hydrogen-bond acceptors (Lipinski definition) is 6. The Kier molecular flexibility index (Phi) is 4.07. The largest absolute Gasteiger partial charge is 0.442 e. The minimum absolute atomic E-state index is 0.0646. The van der Waals surface area contributed by atoms with Crippen molar-refractivity contribution in [2.45, 2.75) is 45.2 Å². The maximum atomic E-state index is 13.6. The van der Waals surface area contributed by atoms with E-state index in [4.69, 9.17) is 16.0 Å². The SMILES string of the molecule is Cc1oc2ncnc(N(C)C3(C)CC3)c2c1C(=O)N1CCc2c(ccnc2Cl)C1. The van der Waals surface area contributed by atoms with Crippen LogP contribution in [0.25, 0.3) is 11.1 Å². The molecule has 2 aliphatic rings. The van der Waals surface area contributed by atoms with Gasteiger partial charge in [-0.2, -0.15) is 0 Å². The quantitative estimate of drug-likeness (QED) is 0.611. The first kappa shape index (κ1) is 18.4. The van der Waals surface area contributed by atoms with Gasteiger partial charge in [-0.25, -0.2) is 15.0 Å². The van der Waals surface area contributed by atoms with Gasteiger partial charge in [0.2, 0.25) is 5.71 Å². The molecule has 0 bridgehead atoms. The van der Waals surface area contributed by atoms with Gasteiger partial charge in [0.1, 0.15) is 23.1 Å². The Hall–Kier alpha value is -2.67. The summed E-state index contributed by atoms with van der Waals surface area (Å²) in [5.41, 5.74) is 3.14. The number of carbonyl (C=O) groups excluding carboxylic acids is 1. The lowest BCUT2D eigenvalue weighted by Crippen LogP contribution is -2.37. The summed E-state index contributed by atoms with van der Waals surface area (Å²) in [7, 11) is 2.03. The Balaban J connectivity index is 1.56. The van der Waals surface area contributed by atoms with Crippen molar-refractivity contribution in [3.05, 3.63) is 46.2 Å². The van der Waals surface area contributed by atoms with Gasteiger partial charge in [-0.05, 0) is 50.3 Å². The smallest absolute Gasteiger partial charge is 0.258 e. The van der Waals surface area contributed by atoms with Gasteiger partial charge in [0.25, 0.3) is 5.91 Å². The van der Waals surface area contributed by atoms with Crippen LogP contribution in [-0.2, 0) is 13.0 Å². The molecule has 0 aromatic carbocycles. The molecular weight excluding hydrogens is 390 g/mol. The van der Waals surface area contributed by atoms with E-state index in [2.05, 4.69) is 26.8 Å². The van der Waals surface area contributed by atoms with Crippen molar-refractivity contribution >= 4 is 34.4 Å². The number of nitrogens with zero attached hydrogens (tertiary/aromatic N) is 5. The van der Waals surface area contributed by atoms with E-state index < -0.39 is 0 Å². The molecule has 0 unspecified atom stereocenters. The number of carbonyl (C=O) groups is 1. The Labute approximate surface area is 173 Å². The van der Waals surface area contributed by atoms with Gasteiger partial charge in [-0.3, -0.25) is 4.79 Å². The van der Waals surface area contributed by atoms with Crippen LogP contribution in [0.3, 0.4) is 0 Å². The van der Waals surface area contributed by atoms with Crippen molar-refractivity contribution in [3.8, 4) is 0 Å². The highest BCUT2D eigenvalue weighted by Crippen LogP contribution is 2.44. The molecule has 5 rings (SSSR count). The van der Waals surface area contributed by atoms with Crippen LogP contribution in [0.1, 0.15) is 47.0 Å². The highest BCUT2D eigenvalue weighted by atomic mass is 35.5. The number of amides is 1. The van der Waals surface area contributed by atoms with Gasteiger partial charge < -0.3 is 14.2 Å². The number of rotatable bonds is 3. The number of halogens is 1. The van der Waals surface area contributed by atoms with E-state index in [9.17, 15) is 4.79 Å². The molecule has 7 nitrogen and oxygen atoms in total. The second kappa shape index (κ2) is 6.42. The summed E-state index contributed by atoms with van der Waals surface area (Å²) in [5, 5.41) is 1.22. The van der Waals surface area contributed by atoms with Gasteiger partial charge >= 0.3 is 0 Å². The lowest BCUT2D eigenvalue weighted by Gasteiger charge is -2.29. The second-order valence-electron chi connectivity index (χ2n) is 8.18. The van der Waals surface area contributed by atoms with Crippen molar-refractivity contribution in [1.82, 2.24) is 19.9 Å². The molecule has 4 heterocycles. The topological polar surface area (TPSA) is 75.4 Å². The van der Waals surface area contributed by atoms with Crippen LogP contribution in [0.2, 0.25) is 5.15 Å². The van der Waals surface area contributed by atoms with E-state index in [1.54, 1.807) is 6.20 Å². The molecule has 8 heteroatoms. The van der Waals surface area contributed by atoms with Crippen LogP contribution in [0.4, 0.5) is 5.82 Å². The van der Waals surface area contributed by atoms with Gasteiger partial charge in [0, 0.05) is 31.9 Å². The van der Waals surface area contributed by atoms with Crippen LogP contribution in [0.15, 0.2) is 23.0 Å². The minimum atomic E-state index is -0.0646. The molecule has 150 valence electrons. The molecule has 1 amide bonds. The number of furan rings is 1. The van der Waals surface area contributed by atoms with Gasteiger partial charge in [0.15, 0.2) is 0 Å². The molecule has 29 heavy (non-hydrogen) atoms. The fourth-order valence-corrected chi connectivity index (χ4v) is 4.36. The molecule has 0 N–H and O–H groups in total. The molecular formula is C21H22ClN5O2. The molecule has 3 aromatic heterocycles. The number of fused-ring (bicyclic) bond motifs is 2. The first-order chi connectivity index (χ1) is 13.9. The van der Waals surface area contributed by atoms with Crippen LogP contribution < -0.4 is 4.90 Å². The Bertz CT molecular complexity index is 1140. The highest BCUT2D eigenvalue weighted by Gasteiger charge is 2.43. The van der Waals surface area contributed by atoms with E-state index >= 15 is 0 Å². The van der Waals surface area contributed by atoms with Gasteiger partial charge in [0.05, 0.1) is 10.9 Å². The van der Waals surface area contributed by atoms with Crippen LogP contribution in [-0.4, -0.2) is 44.9 Å². The molecule has 0 atom stereocenters. The van der Waals surface area contributed by atoms with Crippen molar-refractivity contribution in [1.29, 1.82) is 0 Å². The summed E-state index contributed by atoms with van der Waals surface area (Å²) in [5.74, 6) is 1.25. The summed E-state index contributed by atoms with van der Waals surface area (Å²) in [4.78, 5) is 30.5. The monoisotopic (exact) mass is 411 g/mol. The zero-order valence-electron chi connectivity index (χ0n) is 16.7. The third-order valence-electron chi connectivity index (χ3n) is 6.34. The minimum Gasteiger partial charge on any atom is -0.442 e. The number of aromatic nitrogens is 3. The van der Waals surface area contributed by atoms with Crippen molar-refractivity contribution in [2.75, 3.05) is 18.5 Å². The zero-order chi connectivity index (χ0) is 20.3. The maximum Gasteiger partial charge on any atom is 0.258 e. The molecule has 3 aromatic rings. The Morgan fingerprint density at radius 1 is 1.31 bits per heavy atom. The average molecular weight is 412 g/mol. The second-order valence-corrected chi connectivity index (χ2v) is 8.54. The molecule has 1 fully saturated rings. The molecule has 1 aliphatic carbocycles. The van der Waals surface area contributed by atoms with E-state index in [1.165, 1.54) is 6.33 Å². The average Bonchev–Trinajstić information content (AvgIpc) is 3.37. The van der Waals surface area contributed by atoms with Crippen LogP contribution >= 0.6 is 11.6 Å². The zero-order valence-corrected chi connectivity index (χ0v) is 17.5. The van der Waals surface area contributed by atoms with Crippen LogP contribution in [0.5, 0.6) is 0 Å². The molecule has 1 saturated carbocycles. The standard InChI is InChI=1S/C21H22ClN5O2/c1-12-15(20(28)27-9-5-14-13(10-27)4-8-23-17(14)22)16-18(24-11-25-19(16)29-12)26(3)21(2)6-7-21/h4,8,11H,5-7,9-10H2,1-3H3. The number of hydrogen-bond donors (Lipinski definition) is 0. The summed E-state index contributed by atoms with van der Waals surface area (Å²) < 4.78 is 5.87. The van der Waals surface area contributed by atoms with Crippen molar-refractivity contribution < 1.29 is 9.21 Å². The third-order valence-corrected chi connectivity index (χ3v) is 6.67. The van der Waals surface area contributed by atoms with Gasteiger partial charge in [-0.1, -0.05) is 11.6 Å². The summed E-state index contributed by atoms with van der Waals surface area (Å²) in [6.45, 7) is 5.10. The number of anilines is 1. The maximum absolute atomic E-state index is 13.6.